The molecular weight excluding hydrogens is 269 g/mol. The van der Waals surface area contributed by atoms with Gasteiger partial charge in [-0.3, -0.25) is 4.79 Å². The van der Waals surface area contributed by atoms with Crippen LogP contribution in [0.2, 0.25) is 0 Å². The molecule has 0 aliphatic heterocycles. The maximum absolute atomic E-state index is 13.9. The van der Waals surface area contributed by atoms with Crippen molar-refractivity contribution in [2.45, 2.75) is 39.8 Å². The molecule has 0 spiro atoms. The van der Waals surface area contributed by atoms with Crippen molar-refractivity contribution in [2.75, 3.05) is 13.1 Å². The fourth-order valence-corrected chi connectivity index (χ4v) is 1.95. The van der Waals surface area contributed by atoms with E-state index in [9.17, 15) is 9.18 Å². The van der Waals surface area contributed by atoms with Gasteiger partial charge < -0.3 is 10.2 Å². The van der Waals surface area contributed by atoms with E-state index in [0.29, 0.717) is 31.1 Å². The van der Waals surface area contributed by atoms with Crippen LogP contribution in [-0.2, 0) is 11.3 Å². The van der Waals surface area contributed by atoms with Crippen molar-refractivity contribution in [2.24, 2.45) is 0 Å². The summed E-state index contributed by atoms with van der Waals surface area (Å²) in [5.41, 5.74) is 0.716. The van der Waals surface area contributed by atoms with Crippen molar-refractivity contribution in [3.63, 3.8) is 0 Å². The maximum Gasteiger partial charge on any atom is 0.224 e. The lowest BCUT2D eigenvalue weighted by molar-refractivity contribution is -0.131. The van der Waals surface area contributed by atoms with Crippen molar-refractivity contribution in [3.05, 3.63) is 35.1 Å². The Kier molecular flexibility index (Phi) is 6.83. The van der Waals surface area contributed by atoms with E-state index in [-0.39, 0.29) is 18.0 Å². The molecule has 0 bridgehead atoms. The Labute approximate surface area is 125 Å². The Morgan fingerprint density at radius 1 is 1.48 bits per heavy atom. The highest BCUT2D eigenvalue weighted by Crippen LogP contribution is 2.13. The first-order valence-electron chi connectivity index (χ1n) is 7.17. The second kappa shape index (κ2) is 8.38. The van der Waals surface area contributed by atoms with Crippen LogP contribution in [0.15, 0.2) is 18.2 Å². The van der Waals surface area contributed by atoms with E-state index >= 15 is 0 Å². The summed E-state index contributed by atoms with van der Waals surface area (Å²) >= 11 is 0. The van der Waals surface area contributed by atoms with Crippen molar-refractivity contribution in [3.8, 4) is 6.07 Å². The zero-order valence-electron chi connectivity index (χ0n) is 12.8. The molecule has 0 unspecified atom stereocenters. The summed E-state index contributed by atoms with van der Waals surface area (Å²) < 4.78 is 13.9. The molecule has 0 atom stereocenters. The SMILES string of the molecule is CCN(Cc1ccc(C#N)cc1F)C(=O)CCNC(C)C. The highest BCUT2D eigenvalue weighted by molar-refractivity contribution is 5.76. The Morgan fingerprint density at radius 2 is 2.19 bits per heavy atom. The molecule has 0 heterocycles. The number of carbonyl (C=O) groups is 1. The zero-order chi connectivity index (χ0) is 15.8. The summed E-state index contributed by atoms with van der Waals surface area (Å²) in [6.45, 7) is 7.29. The first kappa shape index (κ1) is 17.1. The topological polar surface area (TPSA) is 56.1 Å². The van der Waals surface area contributed by atoms with Gasteiger partial charge in [0.2, 0.25) is 5.91 Å². The summed E-state index contributed by atoms with van der Waals surface area (Å²) in [5.74, 6) is -0.449. The van der Waals surface area contributed by atoms with Gasteiger partial charge in [-0.15, -0.1) is 0 Å². The van der Waals surface area contributed by atoms with Crippen LogP contribution in [-0.4, -0.2) is 29.9 Å². The molecule has 5 heteroatoms. The second-order valence-electron chi connectivity index (χ2n) is 5.18. The fraction of sp³-hybridized carbons (Fsp3) is 0.500. The van der Waals surface area contributed by atoms with E-state index in [2.05, 4.69) is 5.32 Å². The van der Waals surface area contributed by atoms with Gasteiger partial charge in [0.05, 0.1) is 11.6 Å². The van der Waals surface area contributed by atoms with E-state index in [1.807, 2.05) is 26.8 Å². The Bertz CT molecular complexity index is 523. The van der Waals surface area contributed by atoms with E-state index < -0.39 is 5.82 Å². The van der Waals surface area contributed by atoms with Crippen LogP contribution in [0.25, 0.3) is 0 Å². The van der Waals surface area contributed by atoms with Crippen LogP contribution in [0.4, 0.5) is 4.39 Å². The predicted octanol–water partition coefficient (Wildman–Crippen LogP) is 2.43. The normalized spacial score (nSPS) is 10.5. The quantitative estimate of drug-likeness (QED) is 0.839. The molecule has 0 saturated heterocycles. The van der Waals surface area contributed by atoms with Crippen LogP contribution in [0.3, 0.4) is 0 Å². The molecular formula is C16H22FN3O. The molecule has 0 aliphatic rings. The van der Waals surface area contributed by atoms with Gasteiger partial charge in [0.15, 0.2) is 0 Å². The van der Waals surface area contributed by atoms with Gasteiger partial charge in [-0.05, 0) is 19.1 Å². The minimum absolute atomic E-state index is 0.00518. The van der Waals surface area contributed by atoms with E-state index in [0.717, 1.165) is 0 Å². The molecule has 4 nitrogen and oxygen atoms in total. The summed E-state index contributed by atoms with van der Waals surface area (Å²) in [6.07, 6.45) is 0.393. The number of nitrogens with one attached hydrogen (secondary N) is 1. The van der Waals surface area contributed by atoms with Gasteiger partial charge in [-0.25, -0.2) is 4.39 Å². The third-order valence-electron chi connectivity index (χ3n) is 3.17. The number of amides is 1. The Balaban J connectivity index is 2.65. The molecule has 0 aromatic heterocycles. The molecule has 0 saturated carbocycles. The van der Waals surface area contributed by atoms with Crippen molar-refractivity contribution in [1.29, 1.82) is 5.26 Å². The van der Waals surface area contributed by atoms with Crippen LogP contribution in [0, 0.1) is 17.1 Å². The molecule has 1 aromatic carbocycles. The summed E-state index contributed by atoms with van der Waals surface area (Å²) in [5, 5.41) is 11.9. The first-order valence-corrected chi connectivity index (χ1v) is 7.17. The zero-order valence-corrected chi connectivity index (χ0v) is 12.8. The van der Waals surface area contributed by atoms with Gasteiger partial charge in [-0.1, -0.05) is 19.9 Å². The molecule has 0 aliphatic carbocycles. The number of nitriles is 1. The van der Waals surface area contributed by atoms with Gasteiger partial charge in [-0.2, -0.15) is 5.26 Å². The van der Waals surface area contributed by atoms with Crippen molar-refractivity contribution in [1.82, 2.24) is 10.2 Å². The number of hydrogen-bond donors (Lipinski definition) is 1. The average Bonchev–Trinajstić information content (AvgIpc) is 2.45. The predicted molar refractivity (Wildman–Crippen MR) is 80.0 cm³/mol. The number of benzene rings is 1. The van der Waals surface area contributed by atoms with Gasteiger partial charge in [0.25, 0.3) is 0 Å². The van der Waals surface area contributed by atoms with Crippen LogP contribution in [0.5, 0.6) is 0 Å². The van der Waals surface area contributed by atoms with Crippen molar-refractivity contribution >= 4 is 5.91 Å². The maximum atomic E-state index is 13.9. The van der Waals surface area contributed by atoms with E-state index in [1.165, 1.54) is 6.07 Å². The lowest BCUT2D eigenvalue weighted by Crippen LogP contribution is -2.34. The molecule has 1 N–H and O–H groups in total. The Hall–Kier alpha value is -1.93. The monoisotopic (exact) mass is 291 g/mol. The Morgan fingerprint density at radius 3 is 2.71 bits per heavy atom. The summed E-state index contributed by atoms with van der Waals surface area (Å²) in [6, 6.07) is 6.57. The van der Waals surface area contributed by atoms with Crippen LogP contribution >= 0.6 is 0 Å². The van der Waals surface area contributed by atoms with Gasteiger partial charge >= 0.3 is 0 Å². The lowest BCUT2D eigenvalue weighted by atomic mass is 10.1. The van der Waals surface area contributed by atoms with E-state index in [4.69, 9.17) is 5.26 Å². The second-order valence-corrected chi connectivity index (χ2v) is 5.18. The van der Waals surface area contributed by atoms with Crippen molar-refractivity contribution < 1.29 is 9.18 Å². The number of nitrogens with zero attached hydrogens (tertiary/aromatic N) is 2. The highest BCUT2D eigenvalue weighted by atomic mass is 19.1. The minimum Gasteiger partial charge on any atom is -0.339 e. The fourth-order valence-electron chi connectivity index (χ4n) is 1.95. The molecule has 21 heavy (non-hydrogen) atoms. The number of hydrogen-bond acceptors (Lipinski definition) is 3. The first-order chi connectivity index (χ1) is 9.97. The van der Waals surface area contributed by atoms with Crippen LogP contribution in [0.1, 0.15) is 38.3 Å². The smallest absolute Gasteiger partial charge is 0.224 e. The third kappa shape index (κ3) is 5.52. The molecule has 1 rings (SSSR count). The molecule has 0 radical (unpaired) electrons. The number of rotatable bonds is 7. The van der Waals surface area contributed by atoms with Gasteiger partial charge in [0, 0.05) is 37.7 Å². The number of halogens is 1. The van der Waals surface area contributed by atoms with Crippen LogP contribution < -0.4 is 5.32 Å². The minimum atomic E-state index is -0.444. The summed E-state index contributed by atoms with van der Waals surface area (Å²) in [4.78, 5) is 13.7. The number of carbonyl (C=O) groups excluding carboxylic acids is 1. The molecule has 1 amide bonds. The average molecular weight is 291 g/mol. The standard InChI is InChI=1S/C16H22FN3O/c1-4-20(16(21)7-8-19-12(2)3)11-14-6-5-13(10-18)9-15(14)17/h5-6,9,12,19H,4,7-8,11H2,1-3H3. The highest BCUT2D eigenvalue weighted by Gasteiger charge is 2.14. The van der Waals surface area contributed by atoms with Gasteiger partial charge in [0.1, 0.15) is 5.82 Å². The third-order valence-corrected chi connectivity index (χ3v) is 3.17. The lowest BCUT2D eigenvalue weighted by Gasteiger charge is -2.22. The largest absolute Gasteiger partial charge is 0.339 e. The summed E-state index contributed by atoms with van der Waals surface area (Å²) in [7, 11) is 0. The van der Waals surface area contributed by atoms with E-state index in [1.54, 1.807) is 17.0 Å². The molecule has 114 valence electrons. The molecule has 0 fully saturated rings. The molecule has 1 aromatic rings.